The normalized spacial score (nSPS) is 21.4. The molecule has 0 fully saturated rings. The van der Waals surface area contributed by atoms with E-state index in [4.69, 9.17) is 9.47 Å². The van der Waals surface area contributed by atoms with E-state index >= 15 is 0 Å². The lowest BCUT2D eigenvalue weighted by atomic mass is 9.64. The van der Waals surface area contributed by atoms with E-state index in [0.717, 1.165) is 50.4 Å². The van der Waals surface area contributed by atoms with Crippen LogP contribution in [0.5, 0.6) is 11.5 Å². The zero-order chi connectivity index (χ0) is 30.1. The van der Waals surface area contributed by atoms with Crippen molar-refractivity contribution in [2.45, 2.75) is 129 Å². The average Bonchev–Trinajstić information content (AvgIpc) is 3.27. The smallest absolute Gasteiger partial charge is 0.123 e. The first-order valence-electron chi connectivity index (χ1n) is 17.6. The second kappa shape index (κ2) is 15.3. The Kier molecular flexibility index (Phi) is 11.3. The first kappa shape index (κ1) is 31.7. The fourth-order valence-electron chi connectivity index (χ4n) is 7.84. The van der Waals surface area contributed by atoms with Gasteiger partial charge >= 0.3 is 0 Å². The van der Waals surface area contributed by atoms with Gasteiger partial charge in [-0.2, -0.15) is 0 Å². The number of allylic oxidation sites excluding steroid dienone is 6. The van der Waals surface area contributed by atoms with E-state index in [9.17, 15) is 0 Å². The number of fused-ring (bicyclic) bond motifs is 3. The van der Waals surface area contributed by atoms with E-state index in [1.165, 1.54) is 86.5 Å². The number of hydrogen-bond donors (Lipinski definition) is 0. The van der Waals surface area contributed by atoms with Gasteiger partial charge in [0.2, 0.25) is 0 Å². The highest BCUT2D eigenvalue weighted by Gasteiger charge is 2.51. The third-order valence-corrected chi connectivity index (χ3v) is 10.1. The van der Waals surface area contributed by atoms with Crippen molar-refractivity contribution in [2.75, 3.05) is 13.2 Å². The number of aryl methyl sites for hydroxylation is 1. The minimum Gasteiger partial charge on any atom is -0.493 e. The molecule has 0 aliphatic heterocycles. The molecule has 2 heteroatoms. The van der Waals surface area contributed by atoms with E-state index in [2.05, 4.69) is 88.4 Å². The molecular weight excluding hydrogens is 524 g/mol. The topological polar surface area (TPSA) is 18.5 Å². The maximum atomic E-state index is 6.43. The molecule has 0 N–H and O–H groups in total. The molecule has 3 aliphatic carbocycles. The quantitative estimate of drug-likeness (QED) is 0.129. The maximum Gasteiger partial charge on any atom is 0.123 e. The summed E-state index contributed by atoms with van der Waals surface area (Å²) in [5.41, 5.74) is 8.76. The third-order valence-electron chi connectivity index (χ3n) is 10.1. The predicted molar refractivity (Wildman–Crippen MR) is 183 cm³/mol. The summed E-state index contributed by atoms with van der Waals surface area (Å²) in [4.78, 5) is 0. The van der Waals surface area contributed by atoms with Crippen molar-refractivity contribution in [3.63, 3.8) is 0 Å². The van der Waals surface area contributed by atoms with Gasteiger partial charge in [-0.15, -0.1) is 0 Å². The first-order valence-corrected chi connectivity index (χ1v) is 17.6. The number of ether oxygens (including phenoxy) is 2. The highest BCUT2D eigenvalue weighted by atomic mass is 16.5. The van der Waals surface area contributed by atoms with Crippen LogP contribution in [0.2, 0.25) is 0 Å². The van der Waals surface area contributed by atoms with E-state index < -0.39 is 0 Å². The van der Waals surface area contributed by atoms with Crippen molar-refractivity contribution < 1.29 is 9.47 Å². The lowest BCUT2D eigenvalue weighted by Gasteiger charge is -2.38. The summed E-state index contributed by atoms with van der Waals surface area (Å²) in [6, 6.07) is 11.5. The number of hydrogen-bond acceptors (Lipinski definition) is 2. The van der Waals surface area contributed by atoms with E-state index in [1.54, 1.807) is 11.1 Å². The summed E-state index contributed by atoms with van der Waals surface area (Å²) in [7, 11) is 0. The molecule has 232 valence electrons. The van der Waals surface area contributed by atoms with Crippen LogP contribution in [-0.2, 0) is 18.3 Å². The standard InChI is InChI=1S/C41H56O2/c1-5-7-9-11-13-15-24-42-34-27-33(28-35(29-34)43-25-16-14-12-10-8-6-2)30-41-23-17-18-36-32(4)20-22-38(40(36)41)37-21-19-31(3)26-39(37)41/h17,19-23,26-29,37,39H,5-16,18,24-25,30H2,1-4H3. The summed E-state index contributed by atoms with van der Waals surface area (Å²) in [5, 5.41) is 0. The molecule has 3 atom stereocenters. The molecule has 0 saturated carbocycles. The van der Waals surface area contributed by atoms with Gasteiger partial charge in [-0.25, -0.2) is 0 Å². The molecule has 0 bridgehead atoms. The maximum absolute atomic E-state index is 6.43. The second-order valence-electron chi connectivity index (χ2n) is 13.5. The van der Waals surface area contributed by atoms with Crippen molar-refractivity contribution in [3.05, 3.63) is 94.1 Å². The summed E-state index contributed by atoms with van der Waals surface area (Å²) in [5.74, 6) is 2.81. The van der Waals surface area contributed by atoms with E-state index in [1.807, 2.05) is 0 Å². The molecule has 0 aromatic heterocycles. The molecule has 2 aromatic carbocycles. The fraction of sp³-hybridized carbons (Fsp3) is 0.561. The van der Waals surface area contributed by atoms with Gasteiger partial charge < -0.3 is 9.47 Å². The van der Waals surface area contributed by atoms with Gasteiger partial charge in [0, 0.05) is 23.3 Å². The molecule has 0 heterocycles. The Labute approximate surface area is 262 Å². The molecule has 0 radical (unpaired) electrons. The predicted octanol–water partition coefficient (Wildman–Crippen LogP) is 11.3. The molecule has 0 saturated heterocycles. The van der Waals surface area contributed by atoms with E-state index in [0.29, 0.717) is 11.8 Å². The molecule has 3 aliphatic rings. The zero-order valence-corrected chi connectivity index (χ0v) is 27.6. The molecule has 2 aromatic rings. The van der Waals surface area contributed by atoms with Crippen LogP contribution in [0.15, 0.2) is 66.3 Å². The zero-order valence-electron chi connectivity index (χ0n) is 27.6. The molecule has 0 amide bonds. The van der Waals surface area contributed by atoms with Crippen molar-refractivity contribution in [1.82, 2.24) is 0 Å². The van der Waals surface area contributed by atoms with Crippen LogP contribution in [0.25, 0.3) is 0 Å². The summed E-state index contributed by atoms with van der Waals surface area (Å²) in [6.45, 7) is 10.7. The van der Waals surface area contributed by atoms with Crippen LogP contribution < -0.4 is 9.47 Å². The van der Waals surface area contributed by atoms with Crippen molar-refractivity contribution in [1.29, 1.82) is 0 Å². The molecule has 0 spiro atoms. The van der Waals surface area contributed by atoms with Crippen LogP contribution in [0.4, 0.5) is 0 Å². The van der Waals surface area contributed by atoms with Crippen LogP contribution >= 0.6 is 0 Å². The second-order valence-corrected chi connectivity index (χ2v) is 13.5. The molecule has 43 heavy (non-hydrogen) atoms. The Bertz CT molecular complexity index is 1260. The summed E-state index contributed by atoms with van der Waals surface area (Å²) < 4.78 is 12.9. The van der Waals surface area contributed by atoms with Crippen molar-refractivity contribution in [3.8, 4) is 11.5 Å². The van der Waals surface area contributed by atoms with E-state index in [-0.39, 0.29) is 5.41 Å². The lowest BCUT2D eigenvalue weighted by Crippen LogP contribution is -2.35. The Morgan fingerprint density at radius 3 is 2.05 bits per heavy atom. The number of rotatable bonds is 18. The van der Waals surface area contributed by atoms with Gasteiger partial charge in [0.25, 0.3) is 0 Å². The SMILES string of the molecule is CCCCCCCCOc1cc(CC23C=CCc4c(C)ccc(c42)C2C=CC(C)=CC23)cc(OCCCCCCCC)c1. The monoisotopic (exact) mass is 580 g/mol. The fourth-order valence-corrected chi connectivity index (χ4v) is 7.84. The van der Waals surface area contributed by atoms with Crippen LogP contribution in [0.1, 0.15) is 132 Å². The largest absolute Gasteiger partial charge is 0.493 e. The van der Waals surface area contributed by atoms with Crippen molar-refractivity contribution >= 4 is 0 Å². The number of unbranched alkanes of at least 4 members (excludes halogenated alkanes) is 10. The van der Waals surface area contributed by atoms with Crippen LogP contribution in [0, 0.1) is 12.8 Å². The Balaban J connectivity index is 1.38. The van der Waals surface area contributed by atoms with Gasteiger partial charge in [-0.1, -0.05) is 126 Å². The Morgan fingerprint density at radius 2 is 1.40 bits per heavy atom. The Morgan fingerprint density at radius 1 is 0.767 bits per heavy atom. The summed E-state index contributed by atoms with van der Waals surface area (Å²) in [6.07, 6.45) is 29.6. The van der Waals surface area contributed by atoms with Gasteiger partial charge in [0.05, 0.1) is 13.2 Å². The van der Waals surface area contributed by atoms with Crippen molar-refractivity contribution in [2.24, 2.45) is 5.92 Å². The highest BCUT2D eigenvalue weighted by molar-refractivity contribution is 5.61. The number of benzene rings is 2. The minimum atomic E-state index is -0.0416. The molecule has 2 nitrogen and oxygen atoms in total. The van der Waals surface area contributed by atoms with Crippen LogP contribution in [-0.4, -0.2) is 13.2 Å². The Hall–Kier alpha value is -2.74. The molecular formula is C41H56O2. The van der Waals surface area contributed by atoms with Gasteiger partial charge in [-0.05, 0) is 79.5 Å². The average molecular weight is 581 g/mol. The van der Waals surface area contributed by atoms with Gasteiger partial charge in [-0.3, -0.25) is 0 Å². The third kappa shape index (κ3) is 7.50. The summed E-state index contributed by atoms with van der Waals surface area (Å²) >= 11 is 0. The molecule has 5 rings (SSSR count). The van der Waals surface area contributed by atoms with Gasteiger partial charge in [0.15, 0.2) is 0 Å². The first-order chi connectivity index (χ1) is 21.1. The highest BCUT2D eigenvalue weighted by Crippen LogP contribution is 2.58. The molecule has 3 unspecified atom stereocenters. The van der Waals surface area contributed by atoms with Crippen LogP contribution in [0.3, 0.4) is 0 Å². The minimum absolute atomic E-state index is 0.0416. The van der Waals surface area contributed by atoms with Gasteiger partial charge in [0.1, 0.15) is 11.5 Å². The lowest BCUT2D eigenvalue weighted by molar-refractivity contribution is 0.288.